The quantitative estimate of drug-likeness (QED) is 0.707. The lowest BCUT2D eigenvalue weighted by atomic mass is 10.2. The van der Waals surface area contributed by atoms with E-state index in [2.05, 4.69) is 20.3 Å². The highest BCUT2D eigenvalue weighted by Crippen LogP contribution is 2.22. The Bertz CT molecular complexity index is 674. The molecule has 3 aromatic rings. The molecule has 90 valence electrons. The third-order valence-electron chi connectivity index (χ3n) is 2.24. The number of halogens is 1. The minimum Gasteiger partial charge on any atom is -0.329 e. The zero-order valence-electron chi connectivity index (χ0n) is 9.29. The van der Waals surface area contributed by atoms with E-state index in [0.717, 1.165) is 5.56 Å². The van der Waals surface area contributed by atoms with E-state index in [1.54, 1.807) is 31.2 Å². The van der Waals surface area contributed by atoms with Crippen LogP contribution in [-0.4, -0.2) is 20.3 Å². The number of rotatable bonds is 2. The van der Waals surface area contributed by atoms with Crippen molar-refractivity contribution in [3.63, 3.8) is 0 Å². The zero-order chi connectivity index (χ0) is 12.5. The molecule has 0 aliphatic rings. The summed E-state index contributed by atoms with van der Waals surface area (Å²) in [5.74, 6) is 1.36. The predicted molar refractivity (Wildman–Crippen MR) is 62.8 cm³/mol. The van der Waals surface area contributed by atoms with Crippen LogP contribution in [0.1, 0.15) is 5.82 Å². The normalized spacial score (nSPS) is 10.8. The number of aromatic nitrogens is 4. The van der Waals surface area contributed by atoms with E-state index in [-0.39, 0.29) is 11.8 Å². The maximum atomic E-state index is 5.81. The van der Waals surface area contributed by atoms with Crippen LogP contribution in [0.2, 0.25) is 5.02 Å². The molecule has 0 bridgehead atoms. The molecule has 0 aliphatic carbocycles. The Morgan fingerprint density at radius 3 is 2.28 bits per heavy atom. The van der Waals surface area contributed by atoms with E-state index in [1.165, 1.54) is 0 Å². The molecule has 2 heterocycles. The van der Waals surface area contributed by atoms with Crippen molar-refractivity contribution in [1.29, 1.82) is 0 Å². The van der Waals surface area contributed by atoms with Gasteiger partial charge in [0.05, 0.1) is 0 Å². The van der Waals surface area contributed by atoms with Gasteiger partial charge in [0, 0.05) is 10.6 Å². The van der Waals surface area contributed by atoms with Gasteiger partial charge in [-0.15, -0.1) is 0 Å². The summed E-state index contributed by atoms with van der Waals surface area (Å²) in [7, 11) is 0. The van der Waals surface area contributed by atoms with E-state index in [9.17, 15) is 0 Å². The number of nitrogens with zero attached hydrogens (tertiary/aromatic N) is 4. The first-order chi connectivity index (χ1) is 8.72. The van der Waals surface area contributed by atoms with E-state index < -0.39 is 0 Å². The molecule has 6 nitrogen and oxygen atoms in total. The SMILES string of the molecule is Cc1noc(-c2nc(-c3ccc(Cl)cc3)no2)n1. The van der Waals surface area contributed by atoms with Gasteiger partial charge in [0.2, 0.25) is 5.82 Å². The number of benzene rings is 1. The van der Waals surface area contributed by atoms with Crippen molar-refractivity contribution in [2.75, 3.05) is 0 Å². The smallest absolute Gasteiger partial charge is 0.316 e. The fraction of sp³-hybridized carbons (Fsp3) is 0.0909. The summed E-state index contributed by atoms with van der Waals surface area (Å²) >= 11 is 5.81. The van der Waals surface area contributed by atoms with Gasteiger partial charge in [-0.3, -0.25) is 0 Å². The monoisotopic (exact) mass is 262 g/mol. The molecule has 3 rings (SSSR count). The van der Waals surface area contributed by atoms with Gasteiger partial charge >= 0.3 is 11.8 Å². The van der Waals surface area contributed by atoms with Crippen LogP contribution in [0.4, 0.5) is 0 Å². The van der Waals surface area contributed by atoms with Gasteiger partial charge in [-0.1, -0.05) is 21.9 Å². The van der Waals surface area contributed by atoms with E-state index >= 15 is 0 Å². The lowest BCUT2D eigenvalue weighted by Gasteiger charge is -1.92. The molecule has 0 unspecified atom stereocenters. The Morgan fingerprint density at radius 2 is 1.61 bits per heavy atom. The largest absolute Gasteiger partial charge is 0.329 e. The summed E-state index contributed by atoms with van der Waals surface area (Å²) in [6, 6.07) is 7.11. The third-order valence-corrected chi connectivity index (χ3v) is 2.49. The van der Waals surface area contributed by atoms with Gasteiger partial charge in [0.15, 0.2) is 5.82 Å². The maximum absolute atomic E-state index is 5.81. The van der Waals surface area contributed by atoms with Crippen molar-refractivity contribution < 1.29 is 9.05 Å². The number of hydrogen-bond donors (Lipinski definition) is 0. The van der Waals surface area contributed by atoms with Crippen LogP contribution in [0.3, 0.4) is 0 Å². The van der Waals surface area contributed by atoms with Crippen LogP contribution >= 0.6 is 11.6 Å². The minimum absolute atomic E-state index is 0.195. The summed E-state index contributed by atoms with van der Waals surface area (Å²) in [6.45, 7) is 1.71. The molecule has 0 amide bonds. The molecule has 7 heteroatoms. The van der Waals surface area contributed by atoms with Crippen LogP contribution in [0.25, 0.3) is 23.2 Å². The average Bonchev–Trinajstić information content (AvgIpc) is 2.98. The molecular formula is C11H7ClN4O2. The molecule has 2 aromatic heterocycles. The molecule has 0 radical (unpaired) electrons. The fourth-order valence-corrected chi connectivity index (χ4v) is 1.54. The molecule has 1 aromatic carbocycles. The standard InChI is InChI=1S/C11H7ClN4O2/c1-6-13-10(17-15-6)11-14-9(16-18-11)7-2-4-8(12)5-3-7/h2-5H,1H3. The molecule has 0 saturated heterocycles. The number of aryl methyl sites for hydroxylation is 1. The summed E-state index contributed by atoms with van der Waals surface area (Å²) in [5, 5.41) is 8.15. The second kappa shape index (κ2) is 4.23. The van der Waals surface area contributed by atoms with E-state index in [1.807, 2.05) is 0 Å². The molecule has 0 spiro atoms. The Morgan fingerprint density at radius 1 is 0.944 bits per heavy atom. The average molecular weight is 263 g/mol. The van der Waals surface area contributed by atoms with Crippen LogP contribution in [0.15, 0.2) is 33.3 Å². The van der Waals surface area contributed by atoms with Crippen molar-refractivity contribution in [3.05, 3.63) is 35.1 Å². The minimum atomic E-state index is 0.195. The lowest BCUT2D eigenvalue weighted by Crippen LogP contribution is -1.81. The molecule has 0 N–H and O–H groups in total. The van der Waals surface area contributed by atoms with E-state index in [0.29, 0.717) is 16.7 Å². The summed E-state index contributed by atoms with van der Waals surface area (Å²) in [5.41, 5.74) is 0.797. The highest BCUT2D eigenvalue weighted by atomic mass is 35.5. The Labute approximate surface area is 107 Å². The summed E-state index contributed by atoms with van der Waals surface area (Å²) < 4.78 is 10.00. The zero-order valence-corrected chi connectivity index (χ0v) is 10.0. The Hall–Kier alpha value is -2.21. The van der Waals surface area contributed by atoms with Crippen molar-refractivity contribution in [2.24, 2.45) is 0 Å². The highest BCUT2D eigenvalue weighted by molar-refractivity contribution is 6.30. The Balaban J connectivity index is 1.96. The second-order valence-corrected chi connectivity index (χ2v) is 4.01. The first kappa shape index (κ1) is 10.9. The molecule has 0 fully saturated rings. The topological polar surface area (TPSA) is 77.8 Å². The van der Waals surface area contributed by atoms with Crippen molar-refractivity contribution in [2.45, 2.75) is 6.92 Å². The van der Waals surface area contributed by atoms with Crippen LogP contribution in [-0.2, 0) is 0 Å². The molecule has 0 aliphatic heterocycles. The van der Waals surface area contributed by atoms with Gasteiger partial charge in [-0.2, -0.15) is 9.97 Å². The first-order valence-corrected chi connectivity index (χ1v) is 5.50. The van der Waals surface area contributed by atoms with Gasteiger partial charge in [0.1, 0.15) is 0 Å². The van der Waals surface area contributed by atoms with E-state index in [4.69, 9.17) is 20.6 Å². The number of hydrogen-bond acceptors (Lipinski definition) is 6. The van der Waals surface area contributed by atoms with Crippen molar-refractivity contribution in [1.82, 2.24) is 20.3 Å². The second-order valence-electron chi connectivity index (χ2n) is 3.58. The van der Waals surface area contributed by atoms with Crippen molar-refractivity contribution >= 4 is 11.6 Å². The predicted octanol–water partition coefficient (Wildman–Crippen LogP) is 2.75. The first-order valence-electron chi connectivity index (χ1n) is 5.13. The maximum Gasteiger partial charge on any atom is 0.316 e. The van der Waals surface area contributed by atoms with Gasteiger partial charge in [-0.05, 0) is 31.2 Å². The Kier molecular flexibility index (Phi) is 2.56. The van der Waals surface area contributed by atoms with Crippen LogP contribution in [0, 0.1) is 6.92 Å². The van der Waals surface area contributed by atoms with Crippen LogP contribution < -0.4 is 0 Å². The van der Waals surface area contributed by atoms with Gasteiger partial charge in [-0.25, -0.2) is 0 Å². The van der Waals surface area contributed by atoms with Crippen LogP contribution in [0.5, 0.6) is 0 Å². The van der Waals surface area contributed by atoms with Gasteiger partial charge in [0.25, 0.3) is 0 Å². The van der Waals surface area contributed by atoms with Crippen molar-refractivity contribution in [3.8, 4) is 23.2 Å². The summed E-state index contributed by atoms with van der Waals surface area (Å²) in [4.78, 5) is 8.18. The molecule has 0 atom stereocenters. The third kappa shape index (κ3) is 1.98. The molecular weight excluding hydrogens is 256 g/mol. The molecule has 18 heavy (non-hydrogen) atoms. The lowest BCUT2D eigenvalue weighted by molar-refractivity contribution is 0.381. The molecule has 0 saturated carbocycles. The summed E-state index contributed by atoms with van der Waals surface area (Å²) in [6.07, 6.45) is 0. The fourth-order valence-electron chi connectivity index (χ4n) is 1.41. The van der Waals surface area contributed by atoms with Gasteiger partial charge < -0.3 is 9.05 Å². The highest BCUT2D eigenvalue weighted by Gasteiger charge is 2.15.